The molecule has 0 radical (unpaired) electrons. The number of hydrogen-bond acceptors (Lipinski definition) is 4. The van der Waals surface area contributed by atoms with Gasteiger partial charge in [0, 0.05) is 6.20 Å². The van der Waals surface area contributed by atoms with Crippen LogP contribution in [0, 0.1) is 0 Å². The lowest BCUT2D eigenvalue weighted by atomic mass is 9.98. The molecule has 0 bridgehead atoms. The number of methoxy groups -OCH3 is 1. The molecule has 1 aromatic heterocycles. The lowest BCUT2D eigenvalue weighted by Crippen LogP contribution is -2.51. The van der Waals surface area contributed by atoms with Gasteiger partial charge < -0.3 is 15.2 Å². The Labute approximate surface area is 105 Å². The fourth-order valence-electron chi connectivity index (χ4n) is 1.34. The molecule has 1 unspecified atom stereocenters. The fraction of sp³-hybridized carbons (Fsp3) is 0.417. The normalized spacial score (nSPS) is 13.5. The van der Waals surface area contributed by atoms with Crippen LogP contribution in [0.5, 0.6) is 5.75 Å². The van der Waals surface area contributed by atoms with E-state index in [0.717, 1.165) is 0 Å². The molecule has 1 heterocycles. The minimum atomic E-state index is -1.30. The third-order valence-electron chi connectivity index (χ3n) is 2.82. The predicted molar refractivity (Wildman–Crippen MR) is 64.6 cm³/mol. The Hall–Kier alpha value is -2.11. The Kier molecular flexibility index (Phi) is 4.25. The molecular weight excluding hydrogens is 236 g/mol. The van der Waals surface area contributed by atoms with E-state index in [0.29, 0.717) is 5.75 Å². The number of aliphatic carboxylic acids is 1. The average molecular weight is 252 g/mol. The second-order valence-electron chi connectivity index (χ2n) is 4.02. The van der Waals surface area contributed by atoms with E-state index in [1.165, 1.54) is 32.5 Å². The molecule has 1 rings (SSSR count). The van der Waals surface area contributed by atoms with Crippen LogP contribution in [0.4, 0.5) is 0 Å². The van der Waals surface area contributed by atoms with Gasteiger partial charge in [0.2, 0.25) is 0 Å². The summed E-state index contributed by atoms with van der Waals surface area (Å²) in [6.07, 6.45) is 3.13. The van der Waals surface area contributed by atoms with E-state index in [-0.39, 0.29) is 12.0 Å². The quantitative estimate of drug-likeness (QED) is 0.818. The van der Waals surface area contributed by atoms with Gasteiger partial charge in [-0.1, -0.05) is 6.92 Å². The molecule has 0 aliphatic heterocycles. The Morgan fingerprint density at radius 3 is 2.72 bits per heavy atom. The molecule has 1 atom stereocenters. The summed E-state index contributed by atoms with van der Waals surface area (Å²) >= 11 is 0. The average Bonchev–Trinajstić information content (AvgIpc) is 2.38. The molecule has 0 aliphatic rings. The smallest absolute Gasteiger partial charge is 0.329 e. The summed E-state index contributed by atoms with van der Waals surface area (Å²) in [5.74, 6) is -1.27. The molecule has 0 aromatic carbocycles. The Morgan fingerprint density at radius 1 is 1.56 bits per heavy atom. The summed E-state index contributed by atoms with van der Waals surface area (Å²) in [4.78, 5) is 27.0. The number of carbonyl (C=O) groups excluding carboxylic acids is 1. The van der Waals surface area contributed by atoms with E-state index in [4.69, 9.17) is 9.84 Å². The van der Waals surface area contributed by atoms with Crippen molar-refractivity contribution in [2.45, 2.75) is 25.8 Å². The van der Waals surface area contributed by atoms with Crippen LogP contribution in [-0.4, -0.2) is 34.6 Å². The molecule has 2 N–H and O–H groups in total. The molecule has 6 heteroatoms. The van der Waals surface area contributed by atoms with Gasteiger partial charge in [0.15, 0.2) is 0 Å². The van der Waals surface area contributed by atoms with Crippen LogP contribution in [0.3, 0.4) is 0 Å². The van der Waals surface area contributed by atoms with Crippen LogP contribution in [0.25, 0.3) is 0 Å². The van der Waals surface area contributed by atoms with Crippen LogP contribution in [0.15, 0.2) is 18.5 Å². The molecule has 0 aliphatic carbocycles. The van der Waals surface area contributed by atoms with Gasteiger partial charge >= 0.3 is 5.97 Å². The second-order valence-corrected chi connectivity index (χ2v) is 4.02. The van der Waals surface area contributed by atoms with Crippen LogP contribution >= 0.6 is 0 Å². The molecule has 6 nitrogen and oxygen atoms in total. The molecule has 0 fully saturated rings. The van der Waals surface area contributed by atoms with E-state index < -0.39 is 17.4 Å². The highest BCUT2D eigenvalue weighted by molar-refractivity contribution is 5.99. The van der Waals surface area contributed by atoms with Crippen molar-refractivity contribution in [2.24, 2.45) is 0 Å². The standard InChI is InChI=1S/C12H16N2O4/c1-4-12(2,11(16)17)14-10(15)8-5-6-13-7-9(8)18-3/h5-7H,4H2,1-3H3,(H,14,15)(H,16,17). The SMILES string of the molecule is CCC(C)(NC(=O)c1ccncc1OC)C(=O)O. The monoisotopic (exact) mass is 252 g/mol. The van der Waals surface area contributed by atoms with Gasteiger partial charge in [-0.05, 0) is 19.4 Å². The Bertz CT molecular complexity index is 461. The minimum Gasteiger partial charge on any atom is -0.494 e. The van der Waals surface area contributed by atoms with Crippen LogP contribution in [0.1, 0.15) is 30.6 Å². The van der Waals surface area contributed by atoms with E-state index in [9.17, 15) is 9.59 Å². The van der Waals surface area contributed by atoms with E-state index >= 15 is 0 Å². The van der Waals surface area contributed by atoms with Gasteiger partial charge in [-0.15, -0.1) is 0 Å². The van der Waals surface area contributed by atoms with Gasteiger partial charge in [-0.25, -0.2) is 4.79 Å². The first kappa shape index (κ1) is 14.0. The molecule has 0 saturated heterocycles. The number of pyridine rings is 1. The number of nitrogens with zero attached hydrogens (tertiary/aromatic N) is 1. The molecule has 1 aromatic rings. The molecule has 1 amide bonds. The van der Waals surface area contributed by atoms with E-state index in [1.807, 2.05) is 0 Å². The number of carboxylic acids is 1. The highest BCUT2D eigenvalue weighted by Gasteiger charge is 2.33. The highest BCUT2D eigenvalue weighted by Crippen LogP contribution is 2.18. The summed E-state index contributed by atoms with van der Waals surface area (Å²) in [5.41, 5.74) is -1.04. The van der Waals surface area contributed by atoms with Crippen molar-refractivity contribution in [3.05, 3.63) is 24.0 Å². The van der Waals surface area contributed by atoms with E-state index in [1.54, 1.807) is 6.92 Å². The third kappa shape index (κ3) is 2.77. The number of hydrogen-bond donors (Lipinski definition) is 2. The van der Waals surface area contributed by atoms with Crippen molar-refractivity contribution >= 4 is 11.9 Å². The Morgan fingerprint density at radius 2 is 2.22 bits per heavy atom. The summed E-state index contributed by atoms with van der Waals surface area (Å²) < 4.78 is 5.00. The van der Waals surface area contributed by atoms with Gasteiger partial charge in [0.1, 0.15) is 11.3 Å². The molecule has 98 valence electrons. The zero-order valence-electron chi connectivity index (χ0n) is 10.6. The summed E-state index contributed by atoms with van der Waals surface area (Å²) in [5, 5.41) is 11.6. The zero-order valence-corrected chi connectivity index (χ0v) is 10.6. The van der Waals surface area contributed by atoms with Crippen LogP contribution < -0.4 is 10.1 Å². The maximum Gasteiger partial charge on any atom is 0.329 e. The van der Waals surface area contributed by atoms with Gasteiger partial charge in [0.05, 0.1) is 18.9 Å². The van der Waals surface area contributed by atoms with Gasteiger partial charge in [-0.2, -0.15) is 0 Å². The molecule has 18 heavy (non-hydrogen) atoms. The topological polar surface area (TPSA) is 88.5 Å². The van der Waals surface area contributed by atoms with Crippen molar-refractivity contribution in [3.8, 4) is 5.75 Å². The van der Waals surface area contributed by atoms with Crippen molar-refractivity contribution in [1.29, 1.82) is 0 Å². The number of rotatable bonds is 5. The van der Waals surface area contributed by atoms with E-state index in [2.05, 4.69) is 10.3 Å². The van der Waals surface area contributed by atoms with Gasteiger partial charge in [0.25, 0.3) is 5.91 Å². The first-order chi connectivity index (χ1) is 8.44. The lowest BCUT2D eigenvalue weighted by Gasteiger charge is -2.24. The predicted octanol–water partition coefficient (Wildman–Crippen LogP) is 1.07. The third-order valence-corrected chi connectivity index (χ3v) is 2.82. The minimum absolute atomic E-state index is 0.258. The lowest BCUT2D eigenvalue weighted by molar-refractivity contribution is -0.143. The number of ether oxygens (including phenoxy) is 1. The maximum absolute atomic E-state index is 12.0. The molecule has 0 saturated carbocycles. The number of carbonyl (C=O) groups is 2. The number of nitrogens with one attached hydrogen (secondary N) is 1. The Balaban J connectivity index is 2.98. The first-order valence-electron chi connectivity index (χ1n) is 5.48. The van der Waals surface area contributed by atoms with Crippen molar-refractivity contribution in [2.75, 3.05) is 7.11 Å². The van der Waals surface area contributed by atoms with Crippen molar-refractivity contribution < 1.29 is 19.4 Å². The first-order valence-corrected chi connectivity index (χ1v) is 5.48. The van der Waals surface area contributed by atoms with Crippen molar-refractivity contribution in [3.63, 3.8) is 0 Å². The fourth-order valence-corrected chi connectivity index (χ4v) is 1.34. The van der Waals surface area contributed by atoms with Crippen molar-refractivity contribution in [1.82, 2.24) is 10.3 Å². The molecular formula is C12H16N2O4. The maximum atomic E-state index is 12.0. The largest absolute Gasteiger partial charge is 0.494 e. The number of carboxylic acid groups (broad SMARTS) is 1. The summed E-state index contributed by atoms with van der Waals surface area (Å²) in [6.45, 7) is 3.15. The zero-order chi connectivity index (χ0) is 13.8. The number of aromatic nitrogens is 1. The summed E-state index contributed by atoms with van der Waals surface area (Å²) in [6, 6.07) is 1.48. The van der Waals surface area contributed by atoms with Crippen LogP contribution in [-0.2, 0) is 4.79 Å². The van der Waals surface area contributed by atoms with Gasteiger partial charge in [-0.3, -0.25) is 9.78 Å². The second kappa shape index (κ2) is 5.48. The highest BCUT2D eigenvalue weighted by atomic mass is 16.5. The molecule has 0 spiro atoms. The summed E-state index contributed by atoms with van der Waals surface area (Å²) in [7, 11) is 1.42. The van der Waals surface area contributed by atoms with Crippen LogP contribution in [0.2, 0.25) is 0 Å². The number of amides is 1.